The van der Waals surface area contributed by atoms with Gasteiger partial charge in [0.2, 0.25) is 5.13 Å². The van der Waals surface area contributed by atoms with E-state index in [0.29, 0.717) is 16.9 Å². The highest BCUT2D eigenvalue weighted by Gasteiger charge is 2.39. The Morgan fingerprint density at radius 2 is 1.84 bits per heavy atom. The van der Waals surface area contributed by atoms with Gasteiger partial charge in [-0.25, -0.2) is 4.98 Å². The van der Waals surface area contributed by atoms with Gasteiger partial charge in [0.1, 0.15) is 5.75 Å². The average Bonchev–Trinajstić information content (AvgIpc) is 2.90. The lowest BCUT2D eigenvalue weighted by Gasteiger charge is -2.17. The third kappa shape index (κ3) is 4.62. The van der Waals surface area contributed by atoms with Gasteiger partial charge < -0.3 is 4.74 Å². The van der Waals surface area contributed by atoms with E-state index < -0.39 is 34.8 Å². The number of alkyl halides is 6. The minimum absolute atomic E-state index is 0.0252. The molecule has 0 bridgehead atoms. The highest BCUT2D eigenvalue weighted by Crippen LogP contribution is 2.40. The van der Waals surface area contributed by atoms with E-state index in [1.807, 2.05) is 0 Å². The van der Waals surface area contributed by atoms with Crippen molar-refractivity contribution < 1.29 is 31.1 Å². The lowest BCUT2D eigenvalue weighted by Crippen LogP contribution is -2.15. The summed E-state index contributed by atoms with van der Waals surface area (Å²) in [6.07, 6.45) is -9.22. The largest absolute Gasteiger partial charge is 0.496 e. The van der Waals surface area contributed by atoms with Crippen molar-refractivity contribution in [2.24, 2.45) is 5.10 Å². The van der Waals surface area contributed by atoms with E-state index in [1.165, 1.54) is 11.3 Å². The molecule has 0 saturated heterocycles. The van der Waals surface area contributed by atoms with Crippen LogP contribution in [0, 0.1) is 6.92 Å². The number of aryl methyl sites for hydroxylation is 1. The Bertz CT molecular complexity index is 782. The summed E-state index contributed by atoms with van der Waals surface area (Å²) in [6, 6.07) is 0.515. The molecule has 0 amide bonds. The van der Waals surface area contributed by atoms with E-state index in [0.717, 1.165) is 13.3 Å². The topological polar surface area (TPSA) is 46.5 Å². The monoisotopic (exact) mass is 383 g/mol. The van der Waals surface area contributed by atoms with Crippen LogP contribution in [0.15, 0.2) is 22.6 Å². The number of rotatable bonds is 4. The number of hydrazone groups is 1. The van der Waals surface area contributed by atoms with Crippen LogP contribution >= 0.6 is 11.3 Å². The second kappa shape index (κ2) is 6.90. The summed E-state index contributed by atoms with van der Waals surface area (Å²) in [5.74, 6) is -0.594. The number of hydrogen-bond acceptors (Lipinski definition) is 5. The molecule has 0 radical (unpaired) electrons. The maximum Gasteiger partial charge on any atom is 0.417 e. The molecule has 1 heterocycles. The Balaban J connectivity index is 2.47. The van der Waals surface area contributed by atoms with Crippen molar-refractivity contribution in [3.63, 3.8) is 0 Å². The molecule has 0 saturated carbocycles. The summed E-state index contributed by atoms with van der Waals surface area (Å²) in [5.41, 5.74) is -0.476. The van der Waals surface area contributed by atoms with E-state index >= 15 is 0 Å². The van der Waals surface area contributed by atoms with Crippen molar-refractivity contribution in [3.05, 3.63) is 39.9 Å². The van der Waals surface area contributed by atoms with Crippen molar-refractivity contribution in [3.8, 4) is 5.75 Å². The number of nitrogens with zero attached hydrogens (tertiary/aromatic N) is 2. The highest BCUT2D eigenvalue weighted by molar-refractivity contribution is 7.13. The number of anilines is 1. The van der Waals surface area contributed by atoms with Gasteiger partial charge in [-0.1, -0.05) is 0 Å². The Labute approximate surface area is 142 Å². The number of ether oxygens (including phenoxy) is 1. The second-order valence-electron chi connectivity index (χ2n) is 4.80. The first kappa shape index (κ1) is 19.0. The molecule has 0 atom stereocenters. The first-order valence-electron chi connectivity index (χ1n) is 6.60. The Morgan fingerprint density at radius 1 is 1.16 bits per heavy atom. The molecule has 25 heavy (non-hydrogen) atoms. The van der Waals surface area contributed by atoms with Crippen LogP contribution in [-0.2, 0) is 12.4 Å². The minimum Gasteiger partial charge on any atom is -0.496 e. The second-order valence-corrected chi connectivity index (χ2v) is 5.66. The number of halogens is 6. The van der Waals surface area contributed by atoms with Crippen LogP contribution in [0.2, 0.25) is 0 Å². The van der Waals surface area contributed by atoms with E-state index in [4.69, 9.17) is 4.74 Å². The van der Waals surface area contributed by atoms with Crippen LogP contribution in [0.5, 0.6) is 5.75 Å². The molecule has 1 aromatic carbocycles. The standard InChI is InChI=1S/C14H11F6N3OS/c1-7-6-25-12(22-7)23-21-5-9-10(14(18,19)20)3-8(13(15,16)17)4-11(9)24-2/h3-6H,1-2H3,(H,22,23). The highest BCUT2D eigenvalue weighted by atomic mass is 32.1. The van der Waals surface area contributed by atoms with E-state index in [9.17, 15) is 26.3 Å². The summed E-state index contributed by atoms with van der Waals surface area (Å²) in [4.78, 5) is 3.99. The molecule has 0 aliphatic carbocycles. The van der Waals surface area contributed by atoms with Crippen LogP contribution in [-0.4, -0.2) is 18.3 Å². The zero-order valence-electron chi connectivity index (χ0n) is 12.8. The lowest BCUT2D eigenvalue weighted by molar-refractivity contribution is -0.143. The van der Waals surface area contributed by atoms with Gasteiger partial charge in [-0.2, -0.15) is 31.4 Å². The van der Waals surface area contributed by atoms with Gasteiger partial charge in [0.25, 0.3) is 0 Å². The maximum atomic E-state index is 13.2. The fourth-order valence-electron chi connectivity index (χ4n) is 1.88. The molecular formula is C14H11F6N3OS. The van der Waals surface area contributed by atoms with Crippen molar-refractivity contribution in [2.45, 2.75) is 19.3 Å². The average molecular weight is 383 g/mol. The number of nitrogens with one attached hydrogen (secondary N) is 1. The van der Waals surface area contributed by atoms with Crippen molar-refractivity contribution in [1.82, 2.24) is 4.98 Å². The molecular weight excluding hydrogens is 372 g/mol. The van der Waals surface area contributed by atoms with Gasteiger partial charge in [-0.15, -0.1) is 11.3 Å². The van der Waals surface area contributed by atoms with Crippen LogP contribution in [0.4, 0.5) is 31.5 Å². The fraction of sp³-hybridized carbons (Fsp3) is 0.286. The molecule has 0 fully saturated rings. The normalized spacial score (nSPS) is 12.6. The maximum absolute atomic E-state index is 13.2. The molecule has 4 nitrogen and oxygen atoms in total. The van der Waals surface area contributed by atoms with Crippen LogP contribution in [0.3, 0.4) is 0 Å². The summed E-state index contributed by atoms with van der Waals surface area (Å²) in [7, 11) is 0.977. The zero-order chi connectivity index (χ0) is 18.8. The molecule has 0 aliphatic rings. The zero-order valence-corrected chi connectivity index (χ0v) is 13.6. The van der Waals surface area contributed by atoms with Gasteiger partial charge in [0.15, 0.2) is 0 Å². The molecule has 11 heteroatoms. The van der Waals surface area contributed by atoms with Crippen molar-refractivity contribution in [1.29, 1.82) is 0 Å². The lowest BCUT2D eigenvalue weighted by atomic mass is 10.0. The number of benzene rings is 1. The minimum atomic E-state index is -5.02. The number of thiazole rings is 1. The molecule has 2 rings (SSSR count). The van der Waals surface area contributed by atoms with Gasteiger partial charge in [0.05, 0.1) is 30.1 Å². The SMILES string of the molecule is COc1cc(C(F)(F)F)cc(C(F)(F)F)c1C=NNc1nc(C)cs1. The summed E-state index contributed by atoms with van der Waals surface area (Å²) >= 11 is 1.17. The fourth-order valence-corrected chi connectivity index (χ4v) is 2.52. The van der Waals surface area contributed by atoms with Gasteiger partial charge in [0, 0.05) is 10.9 Å². The van der Waals surface area contributed by atoms with Crippen LogP contribution < -0.4 is 10.2 Å². The van der Waals surface area contributed by atoms with E-state index in [2.05, 4.69) is 15.5 Å². The summed E-state index contributed by atoms with van der Waals surface area (Å²) < 4.78 is 82.6. The molecule has 2 aromatic rings. The number of hydrogen-bond donors (Lipinski definition) is 1. The number of methoxy groups -OCH3 is 1. The smallest absolute Gasteiger partial charge is 0.417 e. The predicted octanol–water partition coefficient (Wildman–Crippen LogP) is 4.94. The first-order chi connectivity index (χ1) is 11.5. The molecule has 1 N–H and O–H groups in total. The first-order valence-corrected chi connectivity index (χ1v) is 7.48. The van der Waals surface area contributed by atoms with E-state index in [1.54, 1.807) is 12.3 Å². The van der Waals surface area contributed by atoms with Crippen LogP contribution in [0.1, 0.15) is 22.4 Å². The number of aromatic nitrogens is 1. The Hall–Kier alpha value is -2.30. The quantitative estimate of drug-likeness (QED) is 0.462. The van der Waals surface area contributed by atoms with Crippen LogP contribution in [0.25, 0.3) is 0 Å². The molecule has 0 aliphatic heterocycles. The third-order valence-corrected chi connectivity index (χ3v) is 3.83. The summed E-state index contributed by atoms with van der Waals surface area (Å²) in [5, 5.41) is 5.63. The van der Waals surface area contributed by atoms with Crippen molar-refractivity contribution in [2.75, 3.05) is 12.5 Å². The van der Waals surface area contributed by atoms with Gasteiger partial charge in [-0.3, -0.25) is 5.43 Å². The third-order valence-electron chi connectivity index (χ3n) is 2.97. The van der Waals surface area contributed by atoms with Crippen molar-refractivity contribution >= 4 is 22.7 Å². The van der Waals surface area contributed by atoms with E-state index in [-0.39, 0.29) is 6.07 Å². The predicted molar refractivity (Wildman–Crippen MR) is 81.1 cm³/mol. The molecule has 0 unspecified atom stereocenters. The summed E-state index contributed by atoms with van der Waals surface area (Å²) in [6.45, 7) is 1.71. The molecule has 0 spiro atoms. The molecule has 136 valence electrons. The molecule has 1 aromatic heterocycles. The van der Waals surface area contributed by atoms with Gasteiger partial charge in [-0.05, 0) is 19.1 Å². The van der Waals surface area contributed by atoms with Gasteiger partial charge >= 0.3 is 12.4 Å². The Kier molecular flexibility index (Phi) is 5.26. The Morgan fingerprint density at radius 3 is 2.32 bits per heavy atom.